The summed E-state index contributed by atoms with van der Waals surface area (Å²) in [6.45, 7) is 12.7. The van der Waals surface area contributed by atoms with Crippen LogP contribution in [0.2, 0.25) is 0 Å². The van der Waals surface area contributed by atoms with Gasteiger partial charge in [0.15, 0.2) is 0 Å². The van der Waals surface area contributed by atoms with E-state index in [0.717, 1.165) is 5.56 Å². The van der Waals surface area contributed by atoms with E-state index in [1.165, 1.54) is 6.92 Å². The minimum absolute atomic E-state index is 0.122. The number of hydrogen-bond acceptors (Lipinski definition) is 4. The zero-order valence-corrected chi connectivity index (χ0v) is 13.3. The van der Waals surface area contributed by atoms with Crippen LogP contribution < -0.4 is 5.32 Å². The van der Waals surface area contributed by atoms with Gasteiger partial charge in [-0.1, -0.05) is 32.9 Å². The summed E-state index contributed by atoms with van der Waals surface area (Å²) in [6, 6.07) is 7.27. The van der Waals surface area contributed by atoms with Crippen LogP contribution in [0.3, 0.4) is 0 Å². The van der Waals surface area contributed by atoms with E-state index in [4.69, 9.17) is 9.47 Å². The lowest BCUT2D eigenvalue weighted by Crippen LogP contribution is -2.26. The number of esters is 1. The molecule has 0 bridgehead atoms. The lowest BCUT2D eigenvalue weighted by atomic mass is 9.99. The van der Waals surface area contributed by atoms with Crippen LogP contribution in [-0.4, -0.2) is 18.4 Å². The second kappa shape index (κ2) is 8.41. The molecule has 0 aliphatic carbocycles. The van der Waals surface area contributed by atoms with Gasteiger partial charge in [-0.3, -0.25) is 10.1 Å². The van der Waals surface area contributed by atoms with Crippen LogP contribution in [0.15, 0.2) is 24.3 Å². The number of amides is 1. The fourth-order valence-corrected chi connectivity index (χ4v) is 1.63. The minimum atomic E-state index is -0.940. The fourth-order valence-electron chi connectivity index (χ4n) is 1.63. The van der Waals surface area contributed by atoms with E-state index in [0.29, 0.717) is 12.1 Å². The molecule has 1 N–H and O–H groups in total. The zero-order chi connectivity index (χ0) is 16.7. The Hall–Kier alpha value is -2.04. The zero-order valence-electron chi connectivity index (χ0n) is 13.3. The van der Waals surface area contributed by atoms with Crippen LogP contribution in [0.25, 0.3) is 0 Å². The van der Waals surface area contributed by atoms with E-state index in [-0.39, 0.29) is 11.8 Å². The summed E-state index contributed by atoms with van der Waals surface area (Å²) in [7, 11) is 0. The van der Waals surface area contributed by atoms with Gasteiger partial charge in [-0.25, -0.2) is 4.79 Å². The van der Waals surface area contributed by atoms with Gasteiger partial charge in [0.05, 0.1) is 5.92 Å². The molecule has 0 heterocycles. The Balaban J connectivity index is 2.49. The highest BCUT2D eigenvalue weighted by molar-refractivity contribution is 5.84. The van der Waals surface area contributed by atoms with Gasteiger partial charge in [-0.15, -0.1) is 0 Å². The smallest absolute Gasteiger partial charge is 0.414 e. The SMILES string of the molecule is [CH2]C[C@@H]([CH2])c1ccc(NC(=O)O[C@@H](C)OC(=O)C(C)C)cc1. The van der Waals surface area contributed by atoms with Crippen molar-refractivity contribution in [3.05, 3.63) is 43.7 Å². The highest BCUT2D eigenvalue weighted by Crippen LogP contribution is 2.20. The van der Waals surface area contributed by atoms with Gasteiger partial charge in [-0.2, -0.15) is 0 Å². The van der Waals surface area contributed by atoms with Crippen LogP contribution in [-0.2, 0) is 14.3 Å². The largest absolute Gasteiger partial charge is 0.425 e. The lowest BCUT2D eigenvalue weighted by molar-refractivity contribution is -0.168. The first-order chi connectivity index (χ1) is 10.3. The molecule has 5 heteroatoms. The van der Waals surface area contributed by atoms with Crippen molar-refractivity contribution in [2.24, 2.45) is 5.92 Å². The fraction of sp³-hybridized carbons (Fsp3) is 0.412. The van der Waals surface area contributed by atoms with Crippen molar-refractivity contribution < 1.29 is 19.1 Å². The topological polar surface area (TPSA) is 64.6 Å². The van der Waals surface area contributed by atoms with E-state index in [9.17, 15) is 9.59 Å². The molecule has 0 saturated heterocycles. The highest BCUT2D eigenvalue weighted by Gasteiger charge is 2.16. The van der Waals surface area contributed by atoms with Crippen LogP contribution in [0.4, 0.5) is 10.5 Å². The number of ether oxygens (including phenoxy) is 2. The van der Waals surface area contributed by atoms with Gasteiger partial charge in [0.1, 0.15) is 0 Å². The molecule has 1 aromatic rings. The van der Waals surface area contributed by atoms with Crippen LogP contribution in [0.1, 0.15) is 38.7 Å². The van der Waals surface area contributed by atoms with Gasteiger partial charge in [0.25, 0.3) is 0 Å². The highest BCUT2D eigenvalue weighted by atomic mass is 16.7. The lowest BCUT2D eigenvalue weighted by Gasteiger charge is -2.16. The van der Waals surface area contributed by atoms with Crippen molar-refractivity contribution in [3.63, 3.8) is 0 Å². The number of carbonyl (C=O) groups excluding carboxylic acids is 2. The molecule has 0 aromatic heterocycles. The Morgan fingerprint density at radius 1 is 1.14 bits per heavy atom. The van der Waals surface area contributed by atoms with Crippen molar-refractivity contribution >= 4 is 17.7 Å². The quantitative estimate of drug-likeness (QED) is 0.639. The molecule has 0 aliphatic heterocycles. The molecule has 0 fully saturated rings. The minimum Gasteiger partial charge on any atom is -0.425 e. The van der Waals surface area contributed by atoms with Gasteiger partial charge in [0.2, 0.25) is 6.29 Å². The Morgan fingerprint density at radius 3 is 2.23 bits per heavy atom. The molecule has 120 valence electrons. The first-order valence-electron chi connectivity index (χ1n) is 7.24. The van der Waals surface area contributed by atoms with Gasteiger partial charge < -0.3 is 9.47 Å². The van der Waals surface area contributed by atoms with Crippen molar-refractivity contribution in [3.8, 4) is 0 Å². The van der Waals surface area contributed by atoms with Gasteiger partial charge in [0, 0.05) is 12.6 Å². The molecule has 1 aromatic carbocycles. The molecule has 0 aliphatic rings. The number of hydrogen-bond donors (Lipinski definition) is 1. The summed E-state index contributed by atoms with van der Waals surface area (Å²) < 4.78 is 9.91. The number of nitrogens with one attached hydrogen (secondary N) is 1. The van der Waals surface area contributed by atoms with Crippen molar-refractivity contribution in [1.82, 2.24) is 0 Å². The Bertz CT molecular complexity index is 496. The van der Waals surface area contributed by atoms with Gasteiger partial charge in [-0.05, 0) is 37.0 Å². The summed E-state index contributed by atoms with van der Waals surface area (Å²) in [5.74, 6) is -0.568. The maximum absolute atomic E-state index is 11.7. The number of rotatable bonds is 6. The Morgan fingerprint density at radius 2 is 1.73 bits per heavy atom. The van der Waals surface area contributed by atoms with Crippen molar-refractivity contribution in [2.45, 2.75) is 39.4 Å². The second-order valence-electron chi connectivity index (χ2n) is 5.30. The summed E-state index contributed by atoms with van der Waals surface area (Å²) in [4.78, 5) is 23.1. The maximum atomic E-state index is 11.7. The normalized spacial score (nSPS) is 13.4. The first kappa shape index (κ1) is 18.0. The molecular formula is C17H23NO4. The van der Waals surface area contributed by atoms with E-state index in [1.807, 2.05) is 12.1 Å². The standard InChI is InChI=1S/C17H23NO4/c1-6-12(4)14-7-9-15(10-8-14)18-17(20)22-13(5)21-16(19)11(2)3/h7-13H,1,4,6H2,2-3,5H3,(H,18,20)/t12-,13+/m1/s1. The summed E-state index contributed by atoms with van der Waals surface area (Å²) in [5.41, 5.74) is 1.64. The summed E-state index contributed by atoms with van der Waals surface area (Å²) in [6.07, 6.45) is -0.919. The molecule has 2 atom stereocenters. The van der Waals surface area contributed by atoms with Crippen LogP contribution >= 0.6 is 0 Å². The number of benzene rings is 1. The molecule has 22 heavy (non-hydrogen) atoms. The number of carbonyl (C=O) groups is 2. The predicted octanol–water partition coefficient (Wildman–Crippen LogP) is 3.92. The molecule has 1 amide bonds. The molecule has 0 unspecified atom stereocenters. The average Bonchev–Trinajstić information content (AvgIpc) is 2.46. The molecule has 0 saturated carbocycles. The van der Waals surface area contributed by atoms with Gasteiger partial charge >= 0.3 is 12.1 Å². The third-order valence-corrected chi connectivity index (χ3v) is 3.00. The van der Waals surface area contributed by atoms with Crippen molar-refractivity contribution in [1.29, 1.82) is 0 Å². The molecule has 0 spiro atoms. The van der Waals surface area contributed by atoms with E-state index in [1.54, 1.807) is 26.0 Å². The van der Waals surface area contributed by atoms with E-state index in [2.05, 4.69) is 19.2 Å². The van der Waals surface area contributed by atoms with E-state index >= 15 is 0 Å². The third-order valence-electron chi connectivity index (χ3n) is 3.00. The third kappa shape index (κ3) is 5.76. The molecule has 2 radical (unpaired) electrons. The van der Waals surface area contributed by atoms with Crippen LogP contribution in [0.5, 0.6) is 0 Å². The first-order valence-corrected chi connectivity index (χ1v) is 7.24. The summed E-state index contributed by atoms with van der Waals surface area (Å²) >= 11 is 0. The van der Waals surface area contributed by atoms with Crippen molar-refractivity contribution in [2.75, 3.05) is 5.32 Å². The predicted molar refractivity (Wildman–Crippen MR) is 85.0 cm³/mol. The van der Waals surface area contributed by atoms with E-state index < -0.39 is 18.4 Å². The average molecular weight is 305 g/mol. The Labute approximate surface area is 132 Å². The Kier molecular flexibility index (Phi) is 6.89. The molecular weight excluding hydrogens is 282 g/mol. The number of anilines is 1. The van der Waals surface area contributed by atoms with Crippen LogP contribution in [0, 0.1) is 19.8 Å². The molecule has 5 nitrogen and oxygen atoms in total. The monoisotopic (exact) mass is 305 g/mol. The summed E-state index contributed by atoms with van der Waals surface area (Å²) in [5, 5.41) is 2.57. The molecule has 1 rings (SSSR count). The maximum Gasteiger partial charge on any atom is 0.414 e. The second-order valence-corrected chi connectivity index (χ2v) is 5.30.